The predicted molar refractivity (Wildman–Crippen MR) is 55.7 cm³/mol. The van der Waals surface area contributed by atoms with Crippen molar-refractivity contribution in [1.29, 1.82) is 0 Å². The summed E-state index contributed by atoms with van der Waals surface area (Å²) in [6, 6.07) is 0. The molecule has 0 spiro atoms. The molecular formula is C10H20N2O2. The van der Waals surface area contributed by atoms with E-state index in [1.807, 2.05) is 13.8 Å². The van der Waals surface area contributed by atoms with Crippen LogP contribution in [0.4, 0.5) is 0 Å². The minimum Gasteiger partial charge on any atom is -0.354 e. The van der Waals surface area contributed by atoms with Crippen LogP contribution in [0.5, 0.6) is 0 Å². The lowest BCUT2D eigenvalue weighted by Crippen LogP contribution is -2.39. The first-order valence-electron chi connectivity index (χ1n) is 4.98. The van der Waals surface area contributed by atoms with Crippen LogP contribution in [0.3, 0.4) is 0 Å². The molecule has 0 bridgehead atoms. The summed E-state index contributed by atoms with van der Waals surface area (Å²) in [5.41, 5.74) is 0. The van der Waals surface area contributed by atoms with Gasteiger partial charge in [0.05, 0.1) is 6.54 Å². The van der Waals surface area contributed by atoms with Gasteiger partial charge >= 0.3 is 0 Å². The van der Waals surface area contributed by atoms with Crippen molar-refractivity contribution in [3.05, 3.63) is 0 Å². The van der Waals surface area contributed by atoms with Crippen LogP contribution in [0.2, 0.25) is 0 Å². The van der Waals surface area contributed by atoms with Gasteiger partial charge in [-0.05, 0) is 5.92 Å². The van der Waals surface area contributed by atoms with Crippen molar-refractivity contribution in [1.82, 2.24) is 10.6 Å². The summed E-state index contributed by atoms with van der Waals surface area (Å²) in [5.74, 6) is 0.130. The van der Waals surface area contributed by atoms with Crippen LogP contribution >= 0.6 is 0 Å². The smallest absolute Gasteiger partial charge is 0.239 e. The Morgan fingerprint density at radius 2 is 1.64 bits per heavy atom. The van der Waals surface area contributed by atoms with E-state index in [0.29, 0.717) is 12.5 Å². The molecule has 4 heteroatoms. The fourth-order valence-electron chi connectivity index (χ4n) is 0.752. The molecule has 0 aliphatic heterocycles. The van der Waals surface area contributed by atoms with Crippen molar-refractivity contribution >= 4 is 11.8 Å². The van der Waals surface area contributed by atoms with E-state index in [2.05, 4.69) is 10.6 Å². The maximum atomic E-state index is 11.1. The highest BCUT2D eigenvalue weighted by atomic mass is 16.2. The highest BCUT2D eigenvalue weighted by molar-refractivity contribution is 5.85. The Bertz CT molecular complexity index is 200. The van der Waals surface area contributed by atoms with Crippen molar-refractivity contribution in [2.75, 3.05) is 13.1 Å². The minimum atomic E-state index is -0.132. The van der Waals surface area contributed by atoms with Gasteiger partial charge in [-0.1, -0.05) is 27.7 Å². The van der Waals surface area contributed by atoms with Gasteiger partial charge < -0.3 is 10.6 Å². The largest absolute Gasteiger partial charge is 0.354 e. The van der Waals surface area contributed by atoms with E-state index >= 15 is 0 Å². The molecule has 0 aromatic heterocycles. The van der Waals surface area contributed by atoms with Gasteiger partial charge in [0.2, 0.25) is 11.8 Å². The second kappa shape index (κ2) is 6.40. The van der Waals surface area contributed by atoms with Gasteiger partial charge in [-0.2, -0.15) is 0 Å². The zero-order valence-electron chi connectivity index (χ0n) is 9.39. The number of hydrogen-bond acceptors (Lipinski definition) is 2. The normalized spacial score (nSPS) is 10.4. The lowest BCUT2D eigenvalue weighted by molar-refractivity contribution is -0.127. The van der Waals surface area contributed by atoms with Gasteiger partial charge in [0.15, 0.2) is 0 Å². The Labute approximate surface area is 85.4 Å². The number of nitrogens with one attached hydrogen (secondary N) is 2. The minimum absolute atomic E-state index is 0.0731. The van der Waals surface area contributed by atoms with Crippen LogP contribution in [-0.2, 0) is 9.59 Å². The first-order chi connectivity index (χ1) is 6.43. The summed E-state index contributed by atoms with van der Waals surface area (Å²) >= 11 is 0. The zero-order valence-corrected chi connectivity index (χ0v) is 9.39. The number of carbonyl (C=O) groups excluding carboxylic acids is 2. The third-order valence-electron chi connectivity index (χ3n) is 1.66. The fourth-order valence-corrected chi connectivity index (χ4v) is 0.752. The van der Waals surface area contributed by atoms with E-state index in [1.165, 1.54) is 0 Å². The lowest BCUT2D eigenvalue weighted by Gasteiger charge is -2.09. The first kappa shape index (κ1) is 12.9. The summed E-state index contributed by atoms with van der Waals surface area (Å²) < 4.78 is 0. The molecule has 0 saturated heterocycles. The molecule has 0 aliphatic carbocycles. The van der Waals surface area contributed by atoms with Crippen LogP contribution in [0.1, 0.15) is 27.7 Å². The third-order valence-corrected chi connectivity index (χ3v) is 1.66. The number of amides is 2. The van der Waals surface area contributed by atoms with E-state index in [-0.39, 0.29) is 24.3 Å². The molecule has 0 aromatic rings. The van der Waals surface area contributed by atoms with Crippen LogP contribution in [0.15, 0.2) is 0 Å². The Kier molecular flexibility index (Phi) is 5.92. The quantitative estimate of drug-likeness (QED) is 0.680. The van der Waals surface area contributed by atoms with Gasteiger partial charge in [-0.25, -0.2) is 0 Å². The highest BCUT2D eigenvalue weighted by Gasteiger charge is 2.08. The number of carbonyl (C=O) groups is 2. The van der Waals surface area contributed by atoms with Crippen LogP contribution in [0.25, 0.3) is 0 Å². The van der Waals surface area contributed by atoms with Crippen molar-refractivity contribution in [3.8, 4) is 0 Å². The summed E-state index contributed by atoms with van der Waals surface area (Å²) in [4.78, 5) is 22.2. The molecule has 2 amide bonds. The van der Waals surface area contributed by atoms with Gasteiger partial charge in [-0.3, -0.25) is 9.59 Å². The summed E-state index contributed by atoms with van der Waals surface area (Å²) in [6.07, 6.45) is 0. The topological polar surface area (TPSA) is 58.2 Å². The van der Waals surface area contributed by atoms with Crippen LogP contribution in [-0.4, -0.2) is 24.9 Å². The Morgan fingerprint density at radius 3 is 2.07 bits per heavy atom. The van der Waals surface area contributed by atoms with Gasteiger partial charge in [0, 0.05) is 12.5 Å². The Balaban J connectivity index is 3.59. The van der Waals surface area contributed by atoms with Gasteiger partial charge in [0.1, 0.15) is 0 Å². The summed E-state index contributed by atoms with van der Waals surface area (Å²) in [6.45, 7) is 8.35. The molecule has 14 heavy (non-hydrogen) atoms. The molecule has 0 unspecified atom stereocenters. The molecule has 4 nitrogen and oxygen atoms in total. The summed E-state index contributed by atoms with van der Waals surface area (Å²) in [7, 11) is 0. The first-order valence-corrected chi connectivity index (χ1v) is 4.98. The third kappa shape index (κ3) is 6.46. The van der Waals surface area contributed by atoms with Gasteiger partial charge in [0.25, 0.3) is 0 Å². The SMILES string of the molecule is CC(C)CNC(=O)CNC(=O)C(C)C. The molecule has 0 rings (SSSR count). The second-order valence-electron chi connectivity index (χ2n) is 4.07. The fraction of sp³-hybridized carbons (Fsp3) is 0.800. The molecule has 82 valence electrons. The highest BCUT2D eigenvalue weighted by Crippen LogP contribution is 1.90. The van der Waals surface area contributed by atoms with Crippen molar-refractivity contribution in [3.63, 3.8) is 0 Å². The molecule has 0 aromatic carbocycles. The molecule has 0 fully saturated rings. The monoisotopic (exact) mass is 200 g/mol. The van der Waals surface area contributed by atoms with E-state index < -0.39 is 0 Å². The predicted octanol–water partition coefficient (Wildman–Crippen LogP) is 0.531. The molecule has 0 saturated carbocycles. The molecule has 0 atom stereocenters. The molecule has 0 heterocycles. The second-order valence-corrected chi connectivity index (χ2v) is 4.07. The maximum absolute atomic E-state index is 11.1. The van der Waals surface area contributed by atoms with Crippen LogP contribution in [0, 0.1) is 11.8 Å². The number of rotatable bonds is 5. The van der Waals surface area contributed by atoms with Crippen molar-refractivity contribution < 1.29 is 9.59 Å². The van der Waals surface area contributed by atoms with E-state index in [0.717, 1.165) is 0 Å². The zero-order chi connectivity index (χ0) is 11.1. The average molecular weight is 200 g/mol. The maximum Gasteiger partial charge on any atom is 0.239 e. The molecule has 2 N–H and O–H groups in total. The Morgan fingerprint density at radius 1 is 1.07 bits per heavy atom. The van der Waals surface area contributed by atoms with Crippen molar-refractivity contribution in [2.24, 2.45) is 11.8 Å². The number of hydrogen-bond donors (Lipinski definition) is 2. The molecule has 0 radical (unpaired) electrons. The van der Waals surface area contributed by atoms with Crippen molar-refractivity contribution in [2.45, 2.75) is 27.7 Å². The molecule has 0 aliphatic rings. The van der Waals surface area contributed by atoms with E-state index in [9.17, 15) is 9.59 Å². The average Bonchev–Trinajstić information content (AvgIpc) is 2.10. The van der Waals surface area contributed by atoms with E-state index in [1.54, 1.807) is 13.8 Å². The molecular weight excluding hydrogens is 180 g/mol. The van der Waals surface area contributed by atoms with E-state index in [4.69, 9.17) is 0 Å². The Hall–Kier alpha value is -1.06. The van der Waals surface area contributed by atoms with Crippen LogP contribution < -0.4 is 10.6 Å². The van der Waals surface area contributed by atoms with Gasteiger partial charge in [-0.15, -0.1) is 0 Å². The lowest BCUT2D eigenvalue weighted by atomic mass is 10.2. The summed E-state index contributed by atoms with van der Waals surface area (Å²) in [5, 5.41) is 5.28. The standard InChI is InChI=1S/C10H20N2O2/c1-7(2)5-11-9(13)6-12-10(14)8(3)4/h7-8H,5-6H2,1-4H3,(H,11,13)(H,12,14).